The Morgan fingerprint density at radius 2 is 2.21 bits per heavy atom. The number of amides is 1. The lowest BCUT2D eigenvalue weighted by molar-refractivity contribution is -0.122. The first kappa shape index (κ1) is 16.4. The van der Waals surface area contributed by atoms with Crippen molar-refractivity contribution >= 4 is 5.91 Å². The first-order chi connectivity index (χ1) is 8.93. The van der Waals surface area contributed by atoms with E-state index in [1.165, 1.54) is 0 Å². The molecule has 112 valence electrons. The van der Waals surface area contributed by atoms with E-state index < -0.39 is 0 Å². The summed E-state index contributed by atoms with van der Waals surface area (Å²) in [6.45, 7) is 8.22. The highest BCUT2D eigenvalue weighted by Crippen LogP contribution is 2.25. The van der Waals surface area contributed by atoms with Gasteiger partial charge in [-0.1, -0.05) is 13.8 Å². The number of morpholine rings is 1. The summed E-state index contributed by atoms with van der Waals surface area (Å²) in [6, 6.07) is 0. The fourth-order valence-corrected chi connectivity index (χ4v) is 2.27. The Hall–Kier alpha value is -0.650. The molecule has 1 rings (SSSR count). The van der Waals surface area contributed by atoms with Gasteiger partial charge in [-0.15, -0.1) is 0 Å². The van der Waals surface area contributed by atoms with Crippen molar-refractivity contribution in [3.63, 3.8) is 0 Å². The fourth-order valence-electron chi connectivity index (χ4n) is 2.27. The van der Waals surface area contributed by atoms with Crippen LogP contribution in [-0.2, 0) is 9.53 Å². The van der Waals surface area contributed by atoms with Crippen LogP contribution in [0.25, 0.3) is 0 Å². The Balaban J connectivity index is 2.17. The van der Waals surface area contributed by atoms with E-state index in [0.717, 1.165) is 32.5 Å². The molecule has 1 amide bonds. The quantitative estimate of drug-likeness (QED) is 0.711. The van der Waals surface area contributed by atoms with Crippen molar-refractivity contribution in [2.75, 3.05) is 39.8 Å². The summed E-state index contributed by atoms with van der Waals surface area (Å²) in [5.74, 6) is 0.113. The lowest BCUT2D eigenvalue weighted by atomic mass is 9.84. The van der Waals surface area contributed by atoms with Crippen molar-refractivity contribution in [3.8, 4) is 0 Å². The molecule has 5 nitrogen and oxygen atoms in total. The molecule has 0 saturated carbocycles. The van der Waals surface area contributed by atoms with Gasteiger partial charge in [0.15, 0.2) is 0 Å². The second-order valence-electron chi connectivity index (χ2n) is 6.26. The number of carbonyl (C=O) groups excluding carboxylic acids is 1. The summed E-state index contributed by atoms with van der Waals surface area (Å²) < 4.78 is 5.61. The first-order valence-corrected chi connectivity index (χ1v) is 7.20. The molecule has 0 bridgehead atoms. The number of ether oxygens (including phenoxy) is 1. The predicted molar refractivity (Wildman–Crippen MR) is 76.9 cm³/mol. The van der Waals surface area contributed by atoms with Gasteiger partial charge in [-0.25, -0.2) is 0 Å². The fraction of sp³-hybridized carbons (Fsp3) is 0.929. The molecule has 3 N–H and O–H groups in total. The second kappa shape index (κ2) is 7.82. The average molecular weight is 271 g/mol. The SMILES string of the molecule is CN1CCOC(CNC(=O)CCC(C)(C)CCN)C1. The van der Waals surface area contributed by atoms with Gasteiger partial charge < -0.3 is 20.7 Å². The number of nitrogens with two attached hydrogens (primary N) is 1. The van der Waals surface area contributed by atoms with E-state index in [0.29, 0.717) is 19.5 Å². The molecular formula is C14H29N3O2. The molecule has 0 spiro atoms. The largest absolute Gasteiger partial charge is 0.374 e. The zero-order valence-corrected chi connectivity index (χ0v) is 12.6. The molecule has 1 atom stereocenters. The van der Waals surface area contributed by atoms with Gasteiger partial charge in [0, 0.05) is 26.1 Å². The molecule has 1 aliphatic heterocycles. The highest BCUT2D eigenvalue weighted by Gasteiger charge is 2.20. The number of rotatable bonds is 7. The van der Waals surface area contributed by atoms with Crippen molar-refractivity contribution < 1.29 is 9.53 Å². The maximum absolute atomic E-state index is 11.8. The Bertz CT molecular complexity index is 282. The van der Waals surface area contributed by atoms with Crippen molar-refractivity contribution in [2.24, 2.45) is 11.1 Å². The molecule has 19 heavy (non-hydrogen) atoms. The van der Waals surface area contributed by atoms with Crippen LogP contribution in [0.15, 0.2) is 0 Å². The van der Waals surface area contributed by atoms with Crippen LogP contribution in [0.1, 0.15) is 33.1 Å². The van der Waals surface area contributed by atoms with Gasteiger partial charge in [0.25, 0.3) is 0 Å². The van der Waals surface area contributed by atoms with E-state index in [9.17, 15) is 4.79 Å². The molecular weight excluding hydrogens is 242 g/mol. The van der Waals surface area contributed by atoms with Gasteiger partial charge in [0.1, 0.15) is 0 Å². The van der Waals surface area contributed by atoms with Crippen LogP contribution in [0.2, 0.25) is 0 Å². The molecule has 1 unspecified atom stereocenters. The number of hydrogen-bond acceptors (Lipinski definition) is 4. The smallest absolute Gasteiger partial charge is 0.220 e. The number of carbonyl (C=O) groups is 1. The zero-order chi connectivity index (χ0) is 14.3. The molecule has 0 aromatic rings. The summed E-state index contributed by atoms with van der Waals surface area (Å²) in [5.41, 5.74) is 5.71. The van der Waals surface area contributed by atoms with Crippen molar-refractivity contribution in [3.05, 3.63) is 0 Å². The molecule has 1 heterocycles. The summed E-state index contributed by atoms with van der Waals surface area (Å²) >= 11 is 0. The third-order valence-electron chi connectivity index (χ3n) is 3.72. The summed E-state index contributed by atoms with van der Waals surface area (Å²) in [4.78, 5) is 14.0. The number of nitrogens with one attached hydrogen (secondary N) is 1. The Labute approximate surface area is 116 Å². The summed E-state index contributed by atoms with van der Waals surface area (Å²) in [5, 5.41) is 2.97. The topological polar surface area (TPSA) is 67.6 Å². The van der Waals surface area contributed by atoms with Gasteiger partial charge in [0.2, 0.25) is 5.91 Å². The maximum atomic E-state index is 11.8. The molecule has 5 heteroatoms. The lowest BCUT2D eigenvalue weighted by Crippen LogP contribution is -2.46. The monoisotopic (exact) mass is 271 g/mol. The Morgan fingerprint density at radius 1 is 1.47 bits per heavy atom. The van der Waals surface area contributed by atoms with Gasteiger partial charge in [0.05, 0.1) is 12.7 Å². The standard InChI is InChI=1S/C14H29N3O2/c1-14(2,6-7-15)5-4-13(18)16-10-12-11-17(3)8-9-19-12/h12H,4-11,15H2,1-3H3,(H,16,18). The van der Waals surface area contributed by atoms with Crippen molar-refractivity contribution in [1.29, 1.82) is 0 Å². The van der Waals surface area contributed by atoms with Gasteiger partial charge in [-0.2, -0.15) is 0 Å². The summed E-state index contributed by atoms with van der Waals surface area (Å²) in [7, 11) is 2.08. The van der Waals surface area contributed by atoms with E-state index in [4.69, 9.17) is 10.5 Å². The molecule has 1 saturated heterocycles. The highest BCUT2D eigenvalue weighted by molar-refractivity contribution is 5.75. The molecule has 0 radical (unpaired) electrons. The minimum absolute atomic E-state index is 0.113. The minimum Gasteiger partial charge on any atom is -0.374 e. The van der Waals surface area contributed by atoms with Crippen LogP contribution in [0.5, 0.6) is 0 Å². The van der Waals surface area contributed by atoms with Crippen LogP contribution in [0.4, 0.5) is 0 Å². The van der Waals surface area contributed by atoms with Gasteiger partial charge >= 0.3 is 0 Å². The van der Waals surface area contributed by atoms with Crippen molar-refractivity contribution in [2.45, 2.75) is 39.2 Å². The van der Waals surface area contributed by atoms with Crippen LogP contribution >= 0.6 is 0 Å². The minimum atomic E-state index is 0.113. The van der Waals surface area contributed by atoms with Crippen LogP contribution in [-0.4, -0.2) is 56.7 Å². The van der Waals surface area contributed by atoms with E-state index >= 15 is 0 Å². The van der Waals surface area contributed by atoms with Crippen LogP contribution in [0, 0.1) is 5.41 Å². The number of likely N-dealkylation sites (N-methyl/N-ethyl adjacent to an activating group) is 1. The van der Waals surface area contributed by atoms with Gasteiger partial charge in [-0.05, 0) is 31.8 Å². The van der Waals surface area contributed by atoms with Crippen molar-refractivity contribution in [1.82, 2.24) is 10.2 Å². The molecule has 1 fully saturated rings. The Kier molecular flexibility index (Phi) is 6.75. The molecule has 0 aromatic carbocycles. The molecule has 0 aromatic heterocycles. The first-order valence-electron chi connectivity index (χ1n) is 7.20. The molecule has 1 aliphatic rings. The van der Waals surface area contributed by atoms with E-state index in [1.54, 1.807) is 0 Å². The predicted octanol–water partition coefficient (Wildman–Crippen LogP) is 0.588. The van der Waals surface area contributed by atoms with E-state index in [-0.39, 0.29) is 17.4 Å². The van der Waals surface area contributed by atoms with Crippen LogP contribution in [0.3, 0.4) is 0 Å². The third kappa shape index (κ3) is 6.89. The van der Waals surface area contributed by atoms with Gasteiger partial charge in [-0.3, -0.25) is 4.79 Å². The number of hydrogen-bond donors (Lipinski definition) is 2. The molecule has 0 aliphatic carbocycles. The normalized spacial score (nSPS) is 21.4. The average Bonchev–Trinajstić information content (AvgIpc) is 2.34. The number of nitrogens with zero attached hydrogens (tertiary/aromatic N) is 1. The highest BCUT2D eigenvalue weighted by atomic mass is 16.5. The lowest BCUT2D eigenvalue weighted by Gasteiger charge is -2.30. The Morgan fingerprint density at radius 3 is 2.84 bits per heavy atom. The second-order valence-corrected chi connectivity index (χ2v) is 6.26. The summed E-state index contributed by atoms with van der Waals surface area (Å²) in [6.07, 6.45) is 2.52. The maximum Gasteiger partial charge on any atom is 0.220 e. The zero-order valence-electron chi connectivity index (χ0n) is 12.6. The third-order valence-corrected chi connectivity index (χ3v) is 3.72. The van der Waals surface area contributed by atoms with E-state index in [2.05, 4.69) is 31.1 Å². The van der Waals surface area contributed by atoms with Crippen LogP contribution < -0.4 is 11.1 Å². The van der Waals surface area contributed by atoms with E-state index in [1.807, 2.05) is 0 Å².